The van der Waals surface area contributed by atoms with Crippen molar-refractivity contribution in [3.63, 3.8) is 0 Å². The van der Waals surface area contributed by atoms with E-state index in [1.54, 1.807) is 6.07 Å². The van der Waals surface area contributed by atoms with Crippen molar-refractivity contribution in [3.05, 3.63) is 29.8 Å². The van der Waals surface area contributed by atoms with Crippen molar-refractivity contribution in [1.29, 1.82) is 0 Å². The molecule has 0 aliphatic heterocycles. The van der Waals surface area contributed by atoms with E-state index in [2.05, 4.69) is 21.0 Å². The largest absolute Gasteiger partial charge is 0.507 e. The Hall–Kier alpha value is -1.02. The van der Waals surface area contributed by atoms with Gasteiger partial charge in [-0.2, -0.15) is 0 Å². The monoisotopic (exact) mass is 180 g/mol. The van der Waals surface area contributed by atoms with Crippen LogP contribution in [0.15, 0.2) is 24.3 Å². The summed E-state index contributed by atoms with van der Waals surface area (Å²) >= 11 is 0. The van der Waals surface area contributed by atoms with Gasteiger partial charge in [-0.25, -0.2) is 0 Å². The molecule has 0 heterocycles. The van der Waals surface area contributed by atoms with Crippen LogP contribution in [0.4, 0.5) is 0 Å². The lowest BCUT2D eigenvalue weighted by Gasteiger charge is -2.28. The summed E-state index contributed by atoms with van der Waals surface area (Å²) in [7, 11) is 4.32. The fourth-order valence-electron chi connectivity index (χ4n) is 1.22. The Morgan fingerprint density at radius 1 is 1.23 bits per heavy atom. The van der Waals surface area contributed by atoms with Crippen molar-refractivity contribution in [1.82, 2.24) is 0 Å². The number of hydrogen-bond donors (Lipinski definition) is 1. The Kier molecular flexibility index (Phi) is 2.94. The molecule has 2 heteroatoms. The van der Waals surface area contributed by atoms with E-state index >= 15 is 0 Å². The maximum absolute atomic E-state index is 9.56. The average Bonchev–Trinajstić information content (AvgIpc) is 2.09. The fraction of sp³-hybridized carbons (Fsp3) is 0.455. The number of nitrogens with zero attached hydrogens (tertiary/aromatic N) is 1. The van der Waals surface area contributed by atoms with Crippen LogP contribution in [-0.4, -0.2) is 30.2 Å². The molecule has 1 aromatic carbocycles. The molecule has 13 heavy (non-hydrogen) atoms. The average molecular weight is 180 g/mol. The number of para-hydroxylation sites is 1. The Morgan fingerprint density at radius 3 is 2.38 bits per heavy atom. The Bertz CT molecular complexity index is 281. The molecule has 0 radical (unpaired) electrons. The van der Waals surface area contributed by atoms with Crippen LogP contribution in [0.3, 0.4) is 0 Å². The standard InChI is InChI=1S/C11H17NO/c1-4-12(2,3)9-10-7-5-6-8-11(10)13/h5-8H,4,9H2,1-3H3/p+1. The van der Waals surface area contributed by atoms with Gasteiger partial charge in [0.05, 0.1) is 20.6 Å². The van der Waals surface area contributed by atoms with Crippen LogP contribution >= 0.6 is 0 Å². The van der Waals surface area contributed by atoms with Crippen LogP contribution in [0.5, 0.6) is 5.75 Å². The predicted molar refractivity (Wildman–Crippen MR) is 54.5 cm³/mol. The molecule has 0 aliphatic carbocycles. The third kappa shape index (κ3) is 2.74. The topological polar surface area (TPSA) is 20.2 Å². The summed E-state index contributed by atoms with van der Waals surface area (Å²) in [6.45, 7) is 4.09. The number of phenolic OH excluding ortho intramolecular Hbond substituents is 1. The molecule has 0 amide bonds. The maximum atomic E-state index is 9.56. The second-order valence-corrected chi connectivity index (χ2v) is 4.04. The van der Waals surface area contributed by atoms with Crippen molar-refractivity contribution < 1.29 is 9.59 Å². The van der Waals surface area contributed by atoms with Gasteiger partial charge in [0.15, 0.2) is 0 Å². The molecule has 1 rings (SSSR count). The minimum atomic E-state index is 0.405. The van der Waals surface area contributed by atoms with Gasteiger partial charge in [-0.05, 0) is 19.1 Å². The van der Waals surface area contributed by atoms with Gasteiger partial charge in [0.25, 0.3) is 0 Å². The molecule has 72 valence electrons. The first kappa shape index (κ1) is 10.1. The zero-order valence-corrected chi connectivity index (χ0v) is 8.62. The number of phenols is 1. The summed E-state index contributed by atoms with van der Waals surface area (Å²) in [4.78, 5) is 0. The number of hydrogen-bond acceptors (Lipinski definition) is 1. The summed E-state index contributed by atoms with van der Waals surface area (Å²) in [6, 6.07) is 7.53. The van der Waals surface area contributed by atoms with Crippen LogP contribution in [0, 0.1) is 0 Å². The van der Waals surface area contributed by atoms with Crippen LogP contribution in [-0.2, 0) is 6.54 Å². The van der Waals surface area contributed by atoms with Gasteiger partial charge in [-0.3, -0.25) is 0 Å². The molecule has 0 atom stereocenters. The van der Waals surface area contributed by atoms with Crippen LogP contribution in [0.1, 0.15) is 12.5 Å². The predicted octanol–water partition coefficient (Wildman–Crippen LogP) is 1.99. The van der Waals surface area contributed by atoms with E-state index in [4.69, 9.17) is 0 Å². The highest BCUT2D eigenvalue weighted by Crippen LogP contribution is 2.19. The van der Waals surface area contributed by atoms with E-state index in [1.165, 1.54) is 0 Å². The van der Waals surface area contributed by atoms with E-state index in [1.807, 2.05) is 18.2 Å². The van der Waals surface area contributed by atoms with Gasteiger partial charge in [0.1, 0.15) is 12.3 Å². The van der Waals surface area contributed by atoms with Crippen molar-refractivity contribution >= 4 is 0 Å². The van der Waals surface area contributed by atoms with E-state index in [-0.39, 0.29) is 0 Å². The molecule has 0 unspecified atom stereocenters. The molecule has 1 aromatic rings. The summed E-state index contributed by atoms with van der Waals surface area (Å²) in [5.41, 5.74) is 1.02. The van der Waals surface area contributed by atoms with E-state index in [0.29, 0.717) is 5.75 Å². The van der Waals surface area contributed by atoms with Gasteiger partial charge in [0, 0.05) is 5.56 Å². The highest BCUT2D eigenvalue weighted by atomic mass is 16.3. The zero-order chi connectivity index (χ0) is 9.90. The van der Waals surface area contributed by atoms with Crippen LogP contribution in [0.25, 0.3) is 0 Å². The molecule has 0 saturated heterocycles. The maximum Gasteiger partial charge on any atom is 0.124 e. The molecule has 0 saturated carbocycles. The Labute approximate surface area is 80.0 Å². The highest BCUT2D eigenvalue weighted by molar-refractivity contribution is 5.30. The second-order valence-electron chi connectivity index (χ2n) is 4.04. The first-order valence-corrected chi connectivity index (χ1v) is 4.64. The Balaban J connectivity index is 2.80. The van der Waals surface area contributed by atoms with Gasteiger partial charge in [0.2, 0.25) is 0 Å². The molecule has 0 bridgehead atoms. The highest BCUT2D eigenvalue weighted by Gasteiger charge is 2.14. The lowest BCUT2D eigenvalue weighted by molar-refractivity contribution is -0.901. The number of aromatic hydroxyl groups is 1. The van der Waals surface area contributed by atoms with Gasteiger partial charge in [-0.1, -0.05) is 12.1 Å². The number of benzene rings is 1. The number of rotatable bonds is 3. The zero-order valence-electron chi connectivity index (χ0n) is 8.62. The quantitative estimate of drug-likeness (QED) is 0.705. The van der Waals surface area contributed by atoms with E-state index in [0.717, 1.165) is 23.1 Å². The first-order chi connectivity index (χ1) is 6.05. The summed E-state index contributed by atoms with van der Waals surface area (Å²) < 4.78 is 0.900. The molecular formula is C11H18NO+. The van der Waals surface area contributed by atoms with Crippen molar-refractivity contribution in [2.45, 2.75) is 13.5 Å². The van der Waals surface area contributed by atoms with Gasteiger partial charge in [-0.15, -0.1) is 0 Å². The van der Waals surface area contributed by atoms with Crippen molar-refractivity contribution in [3.8, 4) is 5.75 Å². The van der Waals surface area contributed by atoms with Crippen LogP contribution < -0.4 is 0 Å². The van der Waals surface area contributed by atoms with Gasteiger partial charge < -0.3 is 9.59 Å². The molecule has 1 N–H and O–H groups in total. The second kappa shape index (κ2) is 3.79. The molecule has 0 aliphatic rings. The molecule has 0 aromatic heterocycles. The fourth-order valence-corrected chi connectivity index (χ4v) is 1.22. The summed E-state index contributed by atoms with van der Waals surface area (Å²) in [5.74, 6) is 0.405. The Morgan fingerprint density at radius 2 is 1.85 bits per heavy atom. The third-order valence-corrected chi connectivity index (χ3v) is 2.45. The smallest absolute Gasteiger partial charge is 0.124 e. The molecule has 0 fully saturated rings. The van der Waals surface area contributed by atoms with Crippen molar-refractivity contribution in [2.75, 3.05) is 20.6 Å². The lowest BCUT2D eigenvalue weighted by atomic mass is 10.2. The van der Waals surface area contributed by atoms with Gasteiger partial charge >= 0.3 is 0 Å². The van der Waals surface area contributed by atoms with Crippen molar-refractivity contribution in [2.24, 2.45) is 0 Å². The molecule has 0 spiro atoms. The SMILES string of the molecule is CC[N+](C)(C)Cc1ccccc1O. The van der Waals surface area contributed by atoms with E-state index in [9.17, 15) is 5.11 Å². The first-order valence-electron chi connectivity index (χ1n) is 4.64. The lowest BCUT2D eigenvalue weighted by Crippen LogP contribution is -2.38. The number of quaternary nitrogens is 1. The minimum absolute atomic E-state index is 0.405. The molecule has 2 nitrogen and oxygen atoms in total. The third-order valence-electron chi connectivity index (χ3n) is 2.45. The minimum Gasteiger partial charge on any atom is -0.507 e. The summed E-state index contributed by atoms with van der Waals surface area (Å²) in [5, 5.41) is 9.56. The normalized spacial score (nSPS) is 11.6. The summed E-state index contributed by atoms with van der Waals surface area (Å²) in [6.07, 6.45) is 0. The van der Waals surface area contributed by atoms with Crippen LogP contribution in [0.2, 0.25) is 0 Å². The van der Waals surface area contributed by atoms with E-state index < -0.39 is 0 Å². The molecular weight excluding hydrogens is 162 g/mol.